The number of rotatable bonds is 4. The Balaban J connectivity index is 1.94. The van der Waals surface area contributed by atoms with E-state index in [-0.39, 0.29) is 5.91 Å². The monoisotopic (exact) mass is 355 g/mol. The third-order valence-electron chi connectivity index (χ3n) is 5.31. The number of nitriles is 1. The van der Waals surface area contributed by atoms with Gasteiger partial charge in [-0.1, -0.05) is 42.1 Å². The Labute approximate surface area is 151 Å². The summed E-state index contributed by atoms with van der Waals surface area (Å²) in [6, 6.07) is 11.6. The first-order valence-electron chi connectivity index (χ1n) is 8.35. The van der Waals surface area contributed by atoms with Crippen molar-refractivity contribution in [2.75, 3.05) is 0 Å². The summed E-state index contributed by atoms with van der Waals surface area (Å²) < 4.78 is 0. The lowest BCUT2D eigenvalue weighted by Gasteiger charge is -2.38. The highest BCUT2D eigenvalue weighted by Gasteiger charge is 2.63. The highest BCUT2D eigenvalue weighted by Crippen LogP contribution is 2.61. The van der Waals surface area contributed by atoms with Crippen molar-refractivity contribution in [3.63, 3.8) is 0 Å². The van der Waals surface area contributed by atoms with E-state index in [2.05, 4.69) is 11.4 Å². The van der Waals surface area contributed by atoms with E-state index in [1.54, 1.807) is 13.8 Å². The SMILES string of the molecule is CC(C(=O)NC1(C(N)=O)SC2=C(CCC2)C1(C)C#N)c1ccccc1. The van der Waals surface area contributed by atoms with Crippen LogP contribution in [-0.2, 0) is 9.59 Å². The normalized spacial score (nSPS) is 29.0. The fourth-order valence-electron chi connectivity index (χ4n) is 3.69. The summed E-state index contributed by atoms with van der Waals surface area (Å²) in [5, 5.41) is 12.7. The van der Waals surface area contributed by atoms with Gasteiger partial charge in [-0.25, -0.2) is 0 Å². The standard InChI is InChI=1S/C19H21N3O2S/c1-12(13-7-4-3-5-8-13)16(23)22-19(17(21)24)18(2,11-20)14-9-6-10-15(14)25-19/h3-5,7-8,12H,6,9-10H2,1-2H3,(H2,21,24)(H,22,23). The number of nitrogens with one attached hydrogen (secondary N) is 1. The zero-order chi connectivity index (χ0) is 18.2. The predicted octanol–water partition coefficient (Wildman–Crippen LogP) is 2.80. The van der Waals surface area contributed by atoms with E-state index in [0.29, 0.717) is 0 Å². The number of carbonyl (C=O) groups excluding carboxylic acids is 2. The minimum Gasteiger partial charge on any atom is -0.367 e. The molecule has 3 atom stereocenters. The molecule has 0 radical (unpaired) electrons. The van der Waals surface area contributed by atoms with Gasteiger partial charge in [0.15, 0.2) is 4.87 Å². The van der Waals surface area contributed by atoms with Gasteiger partial charge in [-0.05, 0) is 49.2 Å². The molecule has 5 nitrogen and oxygen atoms in total. The molecule has 0 bridgehead atoms. The lowest BCUT2D eigenvalue weighted by Crippen LogP contribution is -2.63. The summed E-state index contributed by atoms with van der Waals surface area (Å²) in [7, 11) is 0. The first-order chi connectivity index (χ1) is 11.9. The van der Waals surface area contributed by atoms with Crippen molar-refractivity contribution in [1.82, 2.24) is 5.32 Å². The summed E-state index contributed by atoms with van der Waals surface area (Å²) in [6.45, 7) is 3.50. The van der Waals surface area contributed by atoms with Crippen LogP contribution in [0.15, 0.2) is 40.8 Å². The Kier molecular flexibility index (Phi) is 4.38. The van der Waals surface area contributed by atoms with Gasteiger partial charge in [0.1, 0.15) is 5.41 Å². The van der Waals surface area contributed by atoms with E-state index in [0.717, 1.165) is 35.3 Å². The largest absolute Gasteiger partial charge is 0.367 e. The molecular formula is C19H21N3O2S. The molecule has 0 saturated heterocycles. The molecule has 25 heavy (non-hydrogen) atoms. The van der Waals surface area contributed by atoms with E-state index in [1.807, 2.05) is 30.3 Å². The van der Waals surface area contributed by atoms with Crippen LogP contribution in [0.1, 0.15) is 44.6 Å². The molecule has 0 aromatic heterocycles. The molecule has 2 aliphatic rings. The second-order valence-corrected chi connectivity index (χ2v) is 8.07. The fourth-order valence-corrected chi connectivity index (χ4v) is 5.36. The summed E-state index contributed by atoms with van der Waals surface area (Å²) in [6.07, 6.45) is 2.57. The highest BCUT2D eigenvalue weighted by atomic mass is 32.2. The number of amides is 2. The van der Waals surface area contributed by atoms with Crippen LogP contribution in [0.3, 0.4) is 0 Å². The number of benzene rings is 1. The zero-order valence-corrected chi connectivity index (χ0v) is 15.2. The lowest BCUT2D eigenvalue weighted by atomic mass is 9.75. The van der Waals surface area contributed by atoms with E-state index < -0.39 is 22.1 Å². The van der Waals surface area contributed by atoms with Gasteiger partial charge >= 0.3 is 0 Å². The molecule has 1 aromatic carbocycles. The second kappa shape index (κ2) is 6.23. The van der Waals surface area contributed by atoms with Crippen molar-refractivity contribution in [1.29, 1.82) is 5.26 Å². The summed E-state index contributed by atoms with van der Waals surface area (Å²) in [5.41, 5.74) is 6.40. The Hall–Kier alpha value is -2.26. The quantitative estimate of drug-likeness (QED) is 0.868. The molecule has 6 heteroatoms. The summed E-state index contributed by atoms with van der Waals surface area (Å²) >= 11 is 1.26. The number of primary amides is 1. The van der Waals surface area contributed by atoms with Crippen LogP contribution in [0.4, 0.5) is 0 Å². The third kappa shape index (κ3) is 2.54. The number of thioether (sulfide) groups is 1. The van der Waals surface area contributed by atoms with Crippen LogP contribution in [0.25, 0.3) is 0 Å². The molecule has 3 unspecified atom stereocenters. The Morgan fingerprint density at radius 3 is 2.60 bits per heavy atom. The average molecular weight is 355 g/mol. The van der Waals surface area contributed by atoms with E-state index in [4.69, 9.17) is 5.73 Å². The predicted molar refractivity (Wildman–Crippen MR) is 97.1 cm³/mol. The number of nitrogens with two attached hydrogens (primary N) is 1. The molecular weight excluding hydrogens is 334 g/mol. The van der Waals surface area contributed by atoms with Crippen LogP contribution >= 0.6 is 11.8 Å². The Morgan fingerprint density at radius 1 is 1.32 bits per heavy atom. The molecule has 1 aliphatic heterocycles. The summed E-state index contributed by atoms with van der Waals surface area (Å²) in [5.74, 6) is -1.43. The minimum atomic E-state index is -1.45. The number of hydrogen-bond donors (Lipinski definition) is 2. The number of hydrogen-bond acceptors (Lipinski definition) is 4. The smallest absolute Gasteiger partial charge is 0.256 e. The molecule has 3 rings (SSSR count). The molecule has 0 spiro atoms. The van der Waals surface area contributed by atoms with E-state index in [9.17, 15) is 14.9 Å². The van der Waals surface area contributed by atoms with Crippen molar-refractivity contribution >= 4 is 23.6 Å². The topological polar surface area (TPSA) is 96.0 Å². The molecule has 1 aromatic rings. The molecule has 0 saturated carbocycles. The number of allylic oxidation sites excluding steroid dienone is 1. The first kappa shape index (κ1) is 17.6. The first-order valence-corrected chi connectivity index (χ1v) is 9.17. The molecule has 1 heterocycles. The second-order valence-electron chi connectivity index (χ2n) is 6.76. The third-order valence-corrected chi connectivity index (χ3v) is 7.03. The van der Waals surface area contributed by atoms with Crippen molar-refractivity contribution < 1.29 is 9.59 Å². The molecule has 1 aliphatic carbocycles. The van der Waals surface area contributed by atoms with Crippen molar-refractivity contribution in [3.8, 4) is 6.07 Å². The van der Waals surface area contributed by atoms with Gasteiger partial charge < -0.3 is 11.1 Å². The maximum Gasteiger partial charge on any atom is 0.256 e. The van der Waals surface area contributed by atoms with E-state index >= 15 is 0 Å². The zero-order valence-electron chi connectivity index (χ0n) is 14.3. The van der Waals surface area contributed by atoms with Crippen LogP contribution in [-0.4, -0.2) is 16.7 Å². The van der Waals surface area contributed by atoms with Crippen molar-refractivity contribution in [2.24, 2.45) is 11.1 Å². The average Bonchev–Trinajstić information content (AvgIpc) is 3.16. The van der Waals surface area contributed by atoms with Gasteiger partial charge in [0, 0.05) is 0 Å². The van der Waals surface area contributed by atoms with Crippen LogP contribution in [0.2, 0.25) is 0 Å². The molecule has 130 valence electrons. The van der Waals surface area contributed by atoms with Crippen LogP contribution < -0.4 is 11.1 Å². The summed E-state index contributed by atoms with van der Waals surface area (Å²) in [4.78, 5) is 24.9. The Bertz CT molecular complexity index is 799. The lowest BCUT2D eigenvalue weighted by molar-refractivity contribution is -0.130. The highest BCUT2D eigenvalue weighted by molar-refractivity contribution is 8.05. The maximum absolute atomic E-state index is 12.9. The van der Waals surface area contributed by atoms with Crippen molar-refractivity contribution in [2.45, 2.75) is 43.9 Å². The van der Waals surface area contributed by atoms with Crippen LogP contribution in [0.5, 0.6) is 0 Å². The number of nitrogens with zero attached hydrogens (tertiary/aromatic N) is 1. The molecule has 2 amide bonds. The maximum atomic E-state index is 12.9. The van der Waals surface area contributed by atoms with Gasteiger partial charge in [-0.3, -0.25) is 9.59 Å². The van der Waals surface area contributed by atoms with Crippen molar-refractivity contribution in [3.05, 3.63) is 46.4 Å². The minimum absolute atomic E-state index is 0.305. The van der Waals surface area contributed by atoms with Gasteiger partial charge in [0.05, 0.1) is 12.0 Å². The van der Waals surface area contributed by atoms with Gasteiger partial charge in [0.2, 0.25) is 5.91 Å². The Morgan fingerprint density at radius 2 is 2.00 bits per heavy atom. The molecule has 3 N–H and O–H groups in total. The van der Waals surface area contributed by atoms with Gasteiger partial charge in [0.25, 0.3) is 5.91 Å². The van der Waals surface area contributed by atoms with Gasteiger partial charge in [-0.2, -0.15) is 5.26 Å². The fraction of sp³-hybridized carbons (Fsp3) is 0.421. The molecule has 0 fully saturated rings. The van der Waals surface area contributed by atoms with E-state index in [1.165, 1.54) is 11.8 Å². The number of carbonyl (C=O) groups is 2. The van der Waals surface area contributed by atoms with Crippen LogP contribution in [0, 0.1) is 16.7 Å². The van der Waals surface area contributed by atoms with Gasteiger partial charge in [-0.15, -0.1) is 0 Å².